The zero-order valence-corrected chi connectivity index (χ0v) is 9.54. The van der Waals surface area contributed by atoms with Crippen LogP contribution in [0.4, 0.5) is 4.79 Å². The number of rotatable bonds is 5. The summed E-state index contributed by atoms with van der Waals surface area (Å²) in [6, 6.07) is 0. The fourth-order valence-electron chi connectivity index (χ4n) is 1.13. The van der Waals surface area contributed by atoms with Gasteiger partial charge in [-0.3, -0.25) is 0 Å². The van der Waals surface area contributed by atoms with E-state index in [1.807, 2.05) is 27.7 Å². The molecule has 0 heterocycles. The monoisotopic (exact) mass is 203 g/mol. The summed E-state index contributed by atoms with van der Waals surface area (Å²) < 4.78 is 5.12. The number of carbonyl (C=O) groups is 1. The van der Waals surface area contributed by atoms with E-state index in [-0.39, 0.29) is 5.41 Å². The van der Waals surface area contributed by atoms with Crippen LogP contribution < -0.4 is 0 Å². The molecule has 1 amide bonds. The van der Waals surface area contributed by atoms with Crippen LogP contribution in [-0.4, -0.2) is 42.4 Å². The Labute approximate surface area is 85.9 Å². The maximum Gasteiger partial charge on any atom is 0.407 e. The molecule has 0 aromatic rings. The summed E-state index contributed by atoms with van der Waals surface area (Å²) in [5.74, 6) is 0. The highest BCUT2D eigenvalue weighted by Gasteiger charge is 2.19. The van der Waals surface area contributed by atoms with E-state index >= 15 is 0 Å². The van der Waals surface area contributed by atoms with Crippen molar-refractivity contribution in [1.29, 1.82) is 0 Å². The number of amides is 1. The Hall–Kier alpha value is -0.770. The van der Waals surface area contributed by atoms with Gasteiger partial charge in [-0.2, -0.15) is 0 Å². The third-order valence-electron chi connectivity index (χ3n) is 1.65. The predicted molar refractivity (Wildman–Crippen MR) is 55.5 cm³/mol. The minimum absolute atomic E-state index is 0.00932. The van der Waals surface area contributed by atoms with Crippen LogP contribution in [0.1, 0.15) is 27.7 Å². The SMILES string of the molecule is CCOCCN(CC(C)(C)C)C(=O)O. The van der Waals surface area contributed by atoms with E-state index in [2.05, 4.69) is 0 Å². The fourth-order valence-corrected chi connectivity index (χ4v) is 1.13. The lowest BCUT2D eigenvalue weighted by atomic mass is 9.96. The molecule has 84 valence electrons. The normalized spacial score (nSPS) is 11.4. The average molecular weight is 203 g/mol. The topological polar surface area (TPSA) is 49.8 Å². The van der Waals surface area contributed by atoms with Crippen LogP contribution in [-0.2, 0) is 4.74 Å². The first-order valence-electron chi connectivity index (χ1n) is 4.92. The lowest BCUT2D eigenvalue weighted by Crippen LogP contribution is -2.38. The standard InChI is InChI=1S/C10H21NO3/c1-5-14-7-6-11(9(12)13)8-10(2,3)4/h5-8H2,1-4H3,(H,12,13). The quantitative estimate of drug-likeness (QED) is 0.696. The van der Waals surface area contributed by atoms with Gasteiger partial charge in [0.1, 0.15) is 0 Å². The van der Waals surface area contributed by atoms with Crippen molar-refractivity contribution in [3.05, 3.63) is 0 Å². The second-order valence-corrected chi connectivity index (χ2v) is 4.46. The van der Waals surface area contributed by atoms with E-state index in [1.54, 1.807) is 0 Å². The predicted octanol–water partition coefficient (Wildman–Crippen LogP) is 2.05. The molecule has 14 heavy (non-hydrogen) atoms. The summed E-state index contributed by atoms with van der Waals surface area (Å²) in [6.45, 7) is 10.0. The fraction of sp³-hybridized carbons (Fsp3) is 0.900. The molecule has 0 bridgehead atoms. The lowest BCUT2D eigenvalue weighted by Gasteiger charge is -2.27. The van der Waals surface area contributed by atoms with Crippen LogP contribution in [0.15, 0.2) is 0 Å². The summed E-state index contributed by atoms with van der Waals surface area (Å²) >= 11 is 0. The summed E-state index contributed by atoms with van der Waals surface area (Å²) in [6.07, 6.45) is -0.875. The molecule has 0 rings (SSSR count). The molecular formula is C10H21NO3. The van der Waals surface area contributed by atoms with Gasteiger partial charge in [0.05, 0.1) is 6.61 Å². The van der Waals surface area contributed by atoms with Gasteiger partial charge in [0.15, 0.2) is 0 Å². The van der Waals surface area contributed by atoms with Crippen molar-refractivity contribution in [1.82, 2.24) is 4.90 Å². The first kappa shape index (κ1) is 13.2. The molecule has 0 fully saturated rings. The zero-order chi connectivity index (χ0) is 11.2. The van der Waals surface area contributed by atoms with Crippen molar-refractivity contribution < 1.29 is 14.6 Å². The Morgan fingerprint density at radius 3 is 2.36 bits per heavy atom. The van der Waals surface area contributed by atoms with Gasteiger partial charge in [0.2, 0.25) is 0 Å². The third-order valence-corrected chi connectivity index (χ3v) is 1.65. The maximum absolute atomic E-state index is 10.8. The minimum atomic E-state index is -0.875. The molecule has 0 aliphatic heterocycles. The highest BCUT2D eigenvalue weighted by atomic mass is 16.5. The Morgan fingerprint density at radius 1 is 1.43 bits per heavy atom. The van der Waals surface area contributed by atoms with E-state index in [4.69, 9.17) is 9.84 Å². The molecule has 0 aromatic carbocycles. The molecular weight excluding hydrogens is 182 g/mol. The van der Waals surface area contributed by atoms with Gasteiger partial charge in [-0.25, -0.2) is 4.79 Å². The summed E-state index contributed by atoms with van der Waals surface area (Å²) in [5, 5.41) is 8.91. The molecule has 0 aromatic heterocycles. The molecule has 1 N–H and O–H groups in total. The summed E-state index contributed by atoms with van der Waals surface area (Å²) in [5.41, 5.74) is -0.00932. The number of hydrogen-bond donors (Lipinski definition) is 1. The van der Waals surface area contributed by atoms with Crippen molar-refractivity contribution in [3.63, 3.8) is 0 Å². The van der Waals surface area contributed by atoms with E-state index in [1.165, 1.54) is 4.90 Å². The highest BCUT2D eigenvalue weighted by Crippen LogP contribution is 2.14. The molecule has 4 heteroatoms. The van der Waals surface area contributed by atoms with Crippen molar-refractivity contribution in [2.75, 3.05) is 26.3 Å². The molecule has 0 saturated carbocycles. The van der Waals surface area contributed by atoms with E-state index < -0.39 is 6.09 Å². The average Bonchev–Trinajstić information content (AvgIpc) is 2.00. The highest BCUT2D eigenvalue weighted by molar-refractivity contribution is 5.64. The second-order valence-electron chi connectivity index (χ2n) is 4.46. The van der Waals surface area contributed by atoms with Crippen LogP contribution in [0.5, 0.6) is 0 Å². The van der Waals surface area contributed by atoms with E-state index in [9.17, 15) is 4.79 Å². The first-order chi connectivity index (χ1) is 6.37. The van der Waals surface area contributed by atoms with Gasteiger partial charge < -0.3 is 14.7 Å². The Bertz CT molecular complexity index is 175. The third kappa shape index (κ3) is 6.71. The van der Waals surface area contributed by atoms with Gasteiger partial charge in [-0.1, -0.05) is 20.8 Å². The molecule has 0 atom stereocenters. The largest absolute Gasteiger partial charge is 0.465 e. The van der Waals surface area contributed by atoms with Crippen LogP contribution in [0.2, 0.25) is 0 Å². The van der Waals surface area contributed by atoms with E-state index in [0.717, 1.165) is 0 Å². The van der Waals surface area contributed by atoms with Gasteiger partial charge in [0, 0.05) is 19.7 Å². The van der Waals surface area contributed by atoms with Gasteiger partial charge in [-0.15, -0.1) is 0 Å². The number of ether oxygens (including phenoxy) is 1. The number of carboxylic acid groups (broad SMARTS) is 1. The van der Waals surface area contributed by atoms with Crippen LogP contribution in [0.3, 0.4) is 0 Å². The van der Waals surface area contributed by atoms with Gasteiger partial charge >= 0.3 is 6.09 Å². The smallest absolute Gasteiger partial charge is 0.407 e. The van der Waals surface area contributed by atoms with Crippen molar-refractivity contribution in [2.45, 2.75) is 27.7 Å². The van der Waals surface area contributed by atoms with Crippen LogP contribution in [0.25, 0.3) is 0 Å². The lowest BCUT2D eigenvalue weighted by molar-refractivity contribution is 0.0870. The Balaban J connectivity index is 3.97. The summed E-state index contributed by atoms with van der Waals surface area (Å²) in [4.78, 5) is 12.2. The van der Waals surface area contributed by atoms with Crippen molar-refractivity contribution in [2.24, 2.45) is 5.41 Å². The van der Waals surface area contributed by atoms with E-state index in [0.29, 0.717) is 26.3 Å². The minimum Gasteiger partial charge on any atom is -0.465 e. The zero-order valence-electron chi connectivity index (χ0n) is 9.54. The van der Waals surface area contributed by atoms with Crippen molar-refractivity contribution in [3.8, 4) is 0 Å². The molecule has 0 radical (unpaired) electrons. The summed E-state index contributed by atoms with van der Waals surface area (Å²) in [7, 11) is 0. The molecule has 0 saturated heterocycles. The van der Waals surface area contributed by atoms with Gasteiger partial charge in [-0.05, 0) is 12.3 Å². The number of nitrogens with zero attached hydrogens (tertiary/aromatic N) is 1. The number of hydrogen-bond acceptors (Lipinski definition) is 2. The Morgan fingerprint density at radius 2 is 2.00 bits per heavy atom. The second kappa shape index (κ2) is 5.86. The molecule has 0 aliphatic carbocycles. The molecule has 0 spiro atoms. The molecule has 0 unspecified atom stereocenters. The van der Waals surface area contributed by atoms with Crippen LogP contribution >= 0.6 is 0 Å². The van der Waals surface area contributed by atoms with Gasteiger partial charge in [0.25, 0.3) is 0 Å². The maximum atomic E-state index is 10.8. The Kier molecular flexibility index (Phi) is 5.53. The first-order valence-corrected chi connectivity index (χ1v) is 4.92. The van der Waals surface area contributed by atoms with Crippen LogP contribution in [0, 0.1) is 5.41 Å². The molecule has 4 nitrogen and oxygen atoms in total. The molecule has 0 aliphatic rings. The van der Waals surface area contributed by atoms with Crippen molar-refractivity contribution >= 4 is 6.09 Å².